The van der Waals surface area contributed by atoms with Crippen LogP contribution in [0, 0.1) is 17.1 Å². The zero-order valence-electron chi connectivity index (χ0n) is 13.9. The number of hydrogen-bond acceptors (Lipinski definition) is 6. The summed E-state index contributed by atoms with van der Waals surface area (Å²) in [6, 6.07) is 9.68. The van der Waals surface area contributed by atoms with E-state index in [1.54, 1.807) is 42.1 Å². The number of carbonyl (C=O) groups excluding carboxylic acids is 1. The van der Waals surface area contributed by atoms with Crippen LogP contribution in [0.1, 0.15) is 12.5 Å². The molecule has 0 bridgehead atoms. The number of anilines is 1. The number of thioether (sulfide) groups is 1. The van der Waals surface area contributed by atoms with Gasteiger partial charge in [0.1, 0.15) is 16.9 Å². The molecule has 0 aliphatic rings. The van der Waals surface area contributed by atoms with Crippen LogP contribution < -0.4 is 5.32 Å². The standard InChI is InChI=1S/C17H14FN5OS2/c1-10(15(24)20-16-12(9-19)7-8-25-16)26-17-22-21-14(23(17)2)11-3-5-13(18)6-4-11/h3-8,10H,1-2H3,(H,20,24)/t10-/m1/s1. The quantitative estimate of drug-likeness (QED) is 0.675. The third kappa shape index (κ3) is 3.76. The van der Waals surface area contributed by atoms with Gasteiger partial charge in [0.25, 0.3) is 0 Å². The van der Waals surface area contributed by atoms with Crippen molar-refractivity contribution in [3.8, 4) is 17.5 Å². The van der Waals surface area contributed by atoms with E-state index in [2.05, 4.69) is 15.5 Å². The molecule has 2 aromatic heterocycles. The lowest BCUT2D eigenvalue weighted by molar-refractivity contribution is -0.115. The van der Waals surface area contributed by atoms with Crippen LogP contribution >= 0.6 is 23.1 Å². The van der Waals surface area contributed by atoms with Crippen molar-refractivity contribution in [3.05, 3.63) is 47.1 Å². The van der Waals surface area contributed by atoms with Gasteiger partial charge in [0.2, 0.25) is 5.91 Å². The average Bonchev–Trinajstić information content (AvgIpc) is 3.22. The van der Waals surface area contributed by atoms with Crippen LogP contribution in [0.5, 0.6) is 0 Å². The summed E-state index contributed by atoms with van der Waals surface area (Å²) in [5.41, 5.74) is 1.18. The monoisotopic (exact) mass is 387 g/mol. The lowest BCUT2D eigenvalue weighted by Gasteiger charge is -2.11. The van der Waals surface area contributed by atoms with Gasteiger partial charge in [-0.15, -0.1) is 21.5 Å². The first-order valence-corrected chi connectivity index (χ1v) is 9.36. The first kappa shape index (κ1) is 18.1. The first-order chi connectivity index (χ1) is 12.5. The number of hydrogen-bond donors (Lipinski definition) is 1. The second-order valence-electron chi connectivity index (χ2n) is 5.40. The fraction of sp³-hybridized carbons (Fsp3) is 0.176. The highest BCUT2D eigenvalue weighted by Crippen LogP contribution is 2.28. The molecule has 0 aliphatic carbocycles. The summed E-state index contributed by atoms with van der Waals surface area (Å²) >= 11 is 2.56. The number of nitrogens with one attached hydrogen (secondary N) is 1. The number of aromatic nitrogens is 3. The molecule has 0 radical (unpaired) electrons. The highest BCUT2D eigenvalue weighted by atomic mass is 32.2. The SMILES string of the molecule is C[C@@H](Sc1nnc(-c2ccc(F)cc2)n1C)C(=O)Nc1sccc1C#N. The van der Waals surface area contributed by atoms with Gasteiger partial charge < -0.3 is 9.88 Å². The molecule has 2 heterocycles. The van der Waals surface area contributed by atoms with E-state index in [1.807, 2.05) is 6.07 Å². The van der Waals surface area contributed by atoms with Gasteiger partial charge in [0.15, 0.2) is 11.0 Å². The highest BCUT2D eigenvalue weighted by Gasteiger charge is 2.20. The zero-order chi connectivity index (χ0) is 18.7. The Kier molecular flexibility index (Phi) is 5.35. The van der Waals surface area contributed by atoms with Gasteiger partial charge in [-0.2, -0.15) is 5.26 Å². The largest absolute Gasteiger partial charge is 0.316 e. The molecule has 1 amide bonds. The number of amides is 1. The molecule has 0 saturated carbocycles. The Labute approximate surface area is 157 Å². The van der Waals surface area contributed by atoms with Gasteiger partial charge in [-0.1, -0.05) is 11.8 Å². The highest BCUT2D eigenvalue weighted by molar-refractivity contribution is 8.00. The molecule has 26 heavy (non-hydrogen) atoms. The summed E-state index contributed by atoms with van der Waals surface area (Å²) in [5, 5.41) is 22.4. The van der Waals surface area contributed by atoms with E-state index >= 15 is 0 Å². The number of benzene rings is 1. The first-order valence-electron chi connectivity index (χ1n) is 7.60. The maximum absolute atomic E-state index is 13.1. The molecule has 0 aliphatic heterocycles. The van der Waals surface area contributed by atoms with E-state index in [4.69, 9.17) is 5.26 Å². The molecule has 132 valence electrons. The van der Waals surface area contributed by atoms with E-state index in [9.17, 15) is 9.18 Å². The minimum absolute atomic E-state index is 0.222. The van der Waals surface area contributed by atoms with Gasteiger partial charge in [0, 0.05) is 12.6 Å². The maximum atomic E-state index is 13.1. The minimum Gasteiger partial charge on any atom is -0.316 e. The fourth-order valence-electron chi connectivity index (χ4n) is 2.19. The van der Waals surface area contributed by atoms with Gasteiger partial charge in [-0.3, -0.25) is 4.79 Å². The molecular weight excluding hydrogens is 373 g/mol. The molecule has 9 heteroatoms. The van der Waals surface area contributed by atoms with Crippen molar-refractivity contribution < 1.29 is 9.18 Å². The van der Waals surface area contributed by atoms with Crippen molar-refractivity contribution in [1.82, 2.24) is 14.8 Å². The minimum atomic E-state index is -0.437. The van der Waals surface area contributed by atoms with Crippen LogP contribution in [-0.2, 0) is 11.8 Å². The molecular formula is C17H14FN5OS2. The normalized spacial score (nSPS) is 11.8. The van der Waals surface area contributed by atoms with Crippen LogP contribution in [0.3, 0.4) is 0 Å². The molecule has 0 unspecified atom stereocenters. The topological polar surface area (TPSA) is 83.6 Å². The van der Waals surface area contributed by atoms with Crippen molar-refractivity contribution in [2.45, 2.75) is 17.3 Å². The molecule has 3 aromatic rings. The van der Waals surface area contributed by atoms with Crippen molar-refractivity contribution in [2.24, 2.45) is 7.05 Å². The average molecular weight is 387 g/mol. The Morgan fingerprint density at radius 3 is 2.77 bits per heavy atom. The summed E-state index contributed by atoms with van der Waals surface area (Å²) in [7, 11) is 1.79. The third-order valence-electron chi connectivity index (χ3n) is 3.61. The number of carbonyl (C=O) groups is 1. The number of nitrogens with zero attached hydrogens (tertiary/aromatic N) is 4. The molecule has 0 spiro atoms. The number of halogens is 1. The smallest absolute Gasteiger partial charge is 0.238 e. The molecule has 3 rings (SSSR count). The van der Waals surface area contributed by atoms with Crippen molar-refractivity contribution in [3.63, 3.8) is 0 Å². The van der Waals surface area contributed by atoms with Crippen LogP contribution in [-0.4, -0.2) is 25.9 Å². The summed E-state index contributed by atoms with van der Waals surface area (Å²) in [6.07, 6.45) is 0. The van der Waals surface area contributed by atoms with Gasteiger partial charge in [-0.05, 0) is 42.6 Å². The van der Waals surface area contributed by atoms with E-state index < -0.39 is 5.25 Å². The van der Waals surface area contributed by atoms with E-state index in [0.717, 1.165) is 5.56 Å². The predicted octanol–water partition coefficient (Wildman–Crippen LogP) is 3.67. The third-order valence-corrected chi connectivity index (χ3v) is 5.57. The Bertz CT molecular complexity index is 974. The second kappa shape index (κ2) is 7.68. The van der Waals surface area contributed by atoms with Crippen molar-refractivity contribution >= 4 is 34.0 Å². The molecule has 1 atom stereocenters. The second-order valence-corrected chi connectivity index (χ2v) is 7.62. The summed E-state index contributed by atoms with van der Waals surface area (Å²) < 4.78 is 14.8. The Morgan fingerprint density at radius 1 is 1.35 bits per heavy atom. The predicted molar refractivity (Wildman–Crippen MR) is 99.4 cm³/mol. The Hall–Kier alpha value is -2.70. The lowest BCUT2D eigenvalue weighted by Crippen LogP contribution is -2.22. The van der Waals surface area contributed by atoms with Gasteiger partial charge >= 0.3 is 0 Å². The molecule has 1 aromatic carbocycles. The summed E-state index contributed by atoms with van der Waals surface area (Å²) in [4.78, 5) is 12.4. The van der Waals surface area contributed by atoms with Crippen LogP contribution in [0.25, 0.3) is 11.4 Å². The van der Waals surface area contributed by atoms with Crippen LogP contribution in [0.2, 0.25) is 0 Å². The van der Waals surface area contributed by atoms with Crippen molar-refractivity contribution in [1.29, 1.82) is 5.26 Å². The molecule has 6 nitrogen and oxygen atoms in total. The zero-order valence-corrected chi connectivity index (χ0v) is 15.6. The summed E-state index contributed by atoms with van der Waals surface area (Å²) in [5.74, 6) is 0.0477. The molecule has 1 N–H and O–H groups in total. The van der Waals surface area contributed by atoms with Crippen LogP contribution in [0.15, 0.2) is 40.9 Å². The maximum Gasteiger partial charge on any atom is 0.238 e. The van der Waals surface area contributed by atoms with Gasteiger partial charge in [-0.25, -0.2) is 4.39 Å². The number of nitriles is 1. The summed E-state index contributed by atoms with van der Waals surface area (Å²) in [6.45, 7) is 1.76. The Morgan fingerprint density at radius 2 is 2.08 bits per heavy atom. The molecule has 0 fully saturated rings. The lowest BCUT2D eigenvalue weighted by atomic mass is 10.2. The van der Waals surface area contributed by atoms with Crippen molar-refractivity contribution in [2.75, 3.05) is 5.32 Å². The fourth-order valence-corrected chi connectivity index (χ4v) is 3.74. The van der Waals surface area contributed by atoms with E-state index in [0.29, 0.717) is 21.5 Å². The Balaban J connectivity index is 1.72. The van der Waals surface area contributed by atoms with Gasteiger partial charge in [0.05, 0.1) is 10.8 Å². The number of rotatable bonds is 5. The van der Waals surface area contributed by atoms with Crippen LogP contribution in [0.4, 0.5) is 9.39 Å². The number of thiophene rings is 1. The van der Waals surface area contributed by atoms with E-state index in [1.165, 1.54) is 35.2 Å². The molecule has 0 saturated heterocycles. The van der Waals surface area contributed by atoms with E-state index in [-0.39, 0.29) is 11.7 Å².